The van der Waals surface area contributed by atoms with Gasteiger partial charge in [-0.25, -0.2) is 0 Å². The van der Waals surface area contributed by atoms with Crippen LogP contribution in [-0.2, 0) is 6.42 Å². The third kappa shape index (κ3) is 4.57. The highest BCUT2D eigenvalue weighted by atomic mass is 79.9. The molecule has 0 aliphatic heterocycles. The highest BCUT2D eigenvalue weighted by molar-refractivity contribution is 9.10. The average Bonchev–Trinajstić information content (AvgIpc) is 2.92. The van der Waals surface area contributed by atoms with Gasteiger partial charge in [-0.1, -0.05) is 92.5 Å². The van der Waals surface area contributed by atoms with Crippen LogP contribution in [-0.4, -0.2) is 0 Å². The minimum atomic E-state index is 0.984. The molecule has 0 saturated heterocycles. The second-order valence-corrected chi connectivity index (χ2v) is 10.8. The van der Waals surface area contributed by atoms with Gasteiger partial charge in [-0.3, -0.25) is 0 Å². The smallest absolute Gasteiger partial charge is 0.0462 e. The zero-order valence-corrected chi connectivity index (χ0v) is 22.7. The van der Waals surface area contributed by atoms with Gasteiger partial charge in [-0.05, 0) is 107 Å². The van der Waals surface area contributed by atoms with Crippen molar-refractivity contribution in [1.82, 2.24) is 0 Å². The van der Waals surface area contributed by atoms with Crippen molar-refractivity contribution in [2.45, 2.75) is 6.42 Å². The number of hydrogen-bond donors (Lipinski definition) is 0. The van der Waals surface area contributed by atoms with Crippen LogP contribution in [0.25, 0.3) is 11.6 Å². The largest absolute Gasteiger partial charge is 0.311 e. The molecule has 0 bridgehead atoms. The fourth-order valence-corrected chi connectivity index (χ4v) is 5.42. The van der Waals surface area contributed by atoms with E-state index in [0.29, 0.717) is 0 Å². The first-order valence-electron chi connectivity index (χ1n) is 12.0. The second kappa shape index (κ2) is 9.93. The van der Waals surface area contributed by atoms with Gasteiger partial charge in [0.05, 0.1) is 0 Å². The topological polar surface area (TPSA) is 3.24 Å². The van der Waals surface area contributed by atoms with Gasteiger partial charge in [0.2, 0.25) is 0 Å². The predicted octanol–water partition coefficient (Wildman–Crippen LogP) is 10.2. The zero-order valence-electron chi connectivity index (χ0n) is 19.5. The zero-order chi connectivity index (χ0) is 24.5. The molecule has 5 aromatic carbocycles. The summed E-state index contributed by atoms with van der Waals surface area (Å²) < 4.78 is 2.13. The molecule has 1 aliphatic carbocycles. The number of halogens is 2. The lowest BCUT2D eigenvalue weighted by Gasteiger charge is -2.26. The molecule has 1 aliphatic rings. The molecule has 36 heavy (non-hydrogen) atoms. The van der Waals surface area contributed by atoms with Gasteiger partial charge in [0.1, 0.15) is 0 Å². The Morgan fingerprint density at radius 3 is 1.39 bits per heavy atom. The molecule has 6 rings (SSSR count). The van der Waals surface area contributed by atoms with E-state index in [1.54, 1.807) is 0 Å². The van der Waals surface area contributed by atoms with E-state index in [9.17, 15) is 0 Å². The van der Waals surface area contributed by atoms with E-state index >= 15 is 0 Å². The Labute approximate surface area is 229 Å². The monoisotopic (exact) mass is 591 g/mol. The van der Waals surface area contributed by atoms with Crippen LogP contribution >= 0.6 is 31.9 Å². The highest BCUT2D eigenvalue weighted by Crippen LogP contribution is 2.38. The first kappa shape index (κ1) is 23.0. The Kier molecular flexibility index (Phi) is 6.35. The standard InChI is InChI=1S/C33H23Br2N/c34-26-11-17-29(18-12-26)36(30-19-13-27(35)14-20-30)28-15-9-23(10-16-28)21-33-31-7-3-1-5-24(31)22-25-6-2-4-8-32(25)33/h1-21H,22H2. The Balaban J connectivity index is 1.41. The predicted molar refractivity (Wildman–Crippen MR) is 159 cm³/mol. The van der Waals surface area contributed by atoms with Gasteiger partial charge < -0.3 is 4.90 Å². The van der Waals surface area contributed by atoms with E-state index in [4.69, 9.17) is 0 Å². The molecular weight excluding hydrogens is 570 g/mol. The molecule has 0 N–H and O–H groups in total. The molecule has 0 aromatic heterocycles. The highest BCUT2D eigenvalue weighted by Gasteiger charge is 2.19. The van der Waals surface area contributed by atoms with E-state index in [1.807, 2.05) is 0 Å². The summed E-state index contributed by atoms with van der Waals surface area (Å²) in [5.74, 6) is 0. The summed E-state index contributed by atoms with van der Waals surface area (Å²) in [6, 6.07) is 43.2. The van der Waals surface area contributed by atoms with Crippen LogP contribution in [0.5, 0.6) is 0 Å². The van der Waals surface area contributed by atoms with Crippen molar-refractivity contribution in [2.24, 2.45) is 0 Å². The van der Waals surface area contributed by atoms with E-state index in [2.05, 4.69) is 164 Å². The van der Waals surface area contributed by atoms with Crippen molar-refractivity contribution in [3.8, 4) is 0 Å². The van der Waals surface area contributed by atoms with Crippen LogP contribution in [0, 0.1) is 0 Å². The average molecular weight is 593 g/mol. The lowest BCUT2D eigenvalue weighted by Crippen LogP contribution is -2.09. The van der Waals surface area contributed by atoms with E-state index in [-0.39, 0.29) is 0 Å². The number of anilines is 3. The molecule has 0 amide bonds. The maximum absolute atomic E-state index is 3.57. The molecule has 0 saturated carbocycles. The van der Waals surface area contributed by atoms with Crippen LogP contribution in [0.15, 0.2) is 130 Å². The molecule has 0 unspecified atom stereocenters. The van der Waals surface area contributed by atoms with Crippen LogP contribution in [0.4, 0.5) is 17.1 Å². The van der Waals surface area contributed by atoms with E-state index in [1.165, 1.54) is 33.4 Å². The summed E-state index contributed by atoms with van der Waals surface area (Å²) in [6.45, 7) is 0. The lowest BCUT2D eigenvalue weighted by molar-refractivity contribution is 1.14. The molecule has 5 aromatic rings. The van der Waals surface area contributed by atoms with Gasteiger partial charge in [0, 0.05) is 26.0 Å². The molecule has 1 nitrogen and oxygen atoms in total. The number of benzene rings is 5. The van der Waals surface area contributed by atoms with Crippen molar-refractivity contribution in [1.29, 1.82) is 0 Å². The fraction of sp³-hybridized carbons (Fsp3) is 0.0303. The van der Waals surface area contributed by atoms with Gasteiger partial charge in [-0.2, -0.15) is 0 Å². The van der Waals surface area contributed by atoms with Gasteiger partial charge >= 0.3 is 0 Å². The second-order valence-electron chi connectivity index (χ2n) is 8.93. The van der Waals surface area contributed by atoms with Crippen LogP contribution in [0.3, 0.4) is 0 Å². The van der Waals surface area contributed by atoms with E-state index in [0.717, 1.165) is 32.4 Å². The van der Waals surface area contributed by atoms with Gasteiger partial charge in [0.15, 0.2) is 0 Å². The summed E-state index contributed by atoms with van der Waals surface area (Å²) in [6.07, 6.45) is 3.31. The van der Waals surface area contributed by atoms with Gasteiger partial charge in [0.25, 0.3) is 0 Å². The molecule has 0 fully saturated rings. The van der Waals surface area contributed by atoms with Crippen LogP contribution < -0.4 is 4.90 Å². The van der Waals surface area contributed by atoms with Crippen molar-refractivity contribution in [3.05, 3.63) is 158 Å². The fourth-order valence-electron chi connectivity index (χ4n) is 4.89. The Morgan fingerprint density at radius 2 is 0.917 bits per heavy atom. The van der Waals surface area contributed by atoms with Crippen molar-refractivity contribution < 1.29 is 0 Å². The third-order valence-electron chi connectivity index (χ3n) is 6.63. The summed E-state index contributed by atoms with van der Waals surface area (Å²) in [5, 5.41) is 0. The SMILES string of the molecule is Brc1ccc(N(c2ccc(Br)cc2)c2ccc(C=C3c4ccccc4Cc4ccccc43)cc2)cc1. The number of hydrogen-bond acceptors (Lipinski definition) is 1. The number of nitrogens with zero attached hydrogens (tertiary/aromatic N) is 1. The van der Waals surface area contributed by atoms with E-state index < -0.39 is 0 Å². The summed E-state index contributed by atoms with van der Waals surface area (Å²) in [7, 11) is 0. The van der Waals surface area contributed by atoms with Crippen LogP contribution in [0.2, 0.25) is 0 Å². The molecule has 0 spiro atoms. The number of rotatable bonds is 4. The minimum Gasteiger partial charge on any atom is -0.311 e. The molecule has 3 heteroatoms. The molecule has 174 valence electrons. The summed E-state index contributed by atoms with van der Waals surface area (Å²) >= 11 is 7.13. The maximum Gasteiger partial charge on any atom is 0.0462 e. The lowest BCUT2D eigenvalue weighted by atomic mass is 9.81. The Morgan fingerprint density at radius 1 is 0.500 bits per heavy atom. The maximum atomic E-state index is 3.57. The molecular formula is C33H23Br2N. The Hall–Kier alpha value is -3.40. The summed E-state index contributed by atoms with van der Waals surface area (Å²) in [5.41, 5.74) is 11.2. The Bertz CT molecular complexity index is 1460. The van der Waals surface area contributed by atoms with Crippen molar-refractivity contribution in [2.75, 3.05) is 4.90 Å². The molecule has 0 atom stereocenters. The first-order chi connectivity index (χ1) is 17.7. The summed E-state index contributed by atoms with van der Waals surface area (Å²) in [4.78, 5) is 2.28. The third-order valence-corrected chi connectivity index (χ3v) is 7.69. The molecule has 0 heterocycles. The quantitative estimate of drug-likeness (QED) is 0.197. The number of fused-ring (bicyclic) bond motifs is 2. The minimum absolute atomic E-state index is 0.984. The van der Waals surface area contributed by atoms with Crippen molar-refractivity contribution in [3.63, 3.8) is 0 Å². The molecule has 0 radical (unpaired) electrons. The van der Waals surface area contributed by atoms with Crippen LogP contribution in [0.1, 0.15) is 27.8 Å². The first-order valence-corrected chi connectivity index (χ1v) is 13.5. The van der Waals surface area contributed by atoms with Gasteiger partial charge in [-0.15, -0.1) is 0 Å². The normalized spacial score (nSPS) is 12.0. The van der Waals surface area contributed by atoms with Crippen molar-refractivity contribution >= 4 is 60.6 Å².